The molecule has 0 N–H and O–H groups in total. The number of hydrogen-bond donors (Lipinski definition) is 0. The molecule has 0 bridgehead atoms. The van der Waals surface area contributed by atoms with E-state index in [1.165, 1.54) is 120 Å². The van der Waals surface area contributed by atoms with Gasteiger partial charge in [0.2, 0.25) is 0 Å². The number of halogens is 2. The first kappa shape index (κ1) is 46.8. The zero-order valence-corrected chi connectivity index (χ0v) is 44.0. The monoisotopic (exact) mass is 986 g/mol. The number of fused-ring (bicyclic) bond motifs is 2. The van der Waals surface area contributed by atoms with E-state index in [2.05, 4.69) is 225 Å². The van der Waals surface area contributed by atoms with Gasteiger partial charge in [0.1, 0.15) is 0 Å². The van der Waals surface area contributed by atoms with Crippen LogP contribution in [0.15, 0.2) is 169 Å². The predicted octanol–water partition coefficient (Wildman–Crippen LogP) is 12.2. The Labute approximate surface area is 416 Å². The molecule has 2 atom stereocenters. The maximum Gasteiger partial charge on any atom is -1.00 e. The van der Waals surface area contributed by atoms with E-state index in [0.29, 0.717) is 7.25 Å². The smallest absolute Gasteiger partial charge is 1.00 e. The van der Waals surface area contributed by atoms with E-state index in [-0.39, 0.29) is 24.8 Å². The zero-order valence-electron chi connectivity index (χ0n) is 40.0. The van der Waals surface area contributed by atoms with Crippen LogP contribution in [0.1, 0.15) is 76.7 Å². The van der Waals surface area contributed by atoms with E-state index in [0.717, 1.165) is 0 Å². The van der Waals surface area contributed by atoms with Crippen LogP contribution < -0.4 is 24.8 Å². The summed E-state index contributed by atoms with van der Waals surface area (Å²) in [6, 6.07) is 58.5. The topological polar surface area (TPSA) is 0 Å². The third-order valence-electron chi connectivity index (χ3n) is 16.0. The minimum absolute atomic E-state index is 0. The molecule has 11 rings (SSSR count). The number of allylic oxidation sites excluding steroid dienone is 2. The van der Waals surface area contributed by atoms with Crippen molar-refractivity contribution in [2.24, 2.45) is 0 Å². The van der Waals surface area contributed by atoms with Gasteiger partial charge in [-0.1, -0.05) is 0 Å². The molecule has 1 heterocycles. The van der Waals surface area contributed by atoms with Crippen LogP contribution in [0.4, 0.5) is 0 Å². The van der Waals surface area contributed by atoms with Gasteiger partial charge in [0, 0.05) is 0 Å². The summed E-state index contributed by atoms with van der Waals surface area (Å²) in [5.74, 6) is 0. The van der Waals surface area contributed by atoms with E-state index >= 15 is 0 Å². The van der Waals surface area contributed by atoms with E-state index in [4.69, 9.17) is 0 Å². The van der Waals surface area contributed by atoms with Crippen LogP contribution in [0, 0.1) is 41.5 Å². The molecule has 1 fully saturated rings. The molecular formula is C64H58Cl2Zr. The molecule has 8 aromatic rings. The zero-order chi connectivity index (χ0) is 44.7. The van der Waals surface area contributed by atoms with Crippen molar-refractivity contribution < 1.29 is 45.1 Å². The molecule has 0 spiro atoms. The molecule has 1 saturated heterocycles. The second-order valence-electron chi connectivity index (χ2n) is 19.6. The van der Waals surface area contributed by atoms with Crippen molar-refractivity contribution in [3.8, 4) is 66.8 Å². The van der Waals surface area contributed by atoms with Gasteiger partial charge in [-0.05, 0) is 0 Å². The quantitative estimate of drug-likeness (QED) is 0.142. The largest absolute Gasteiger partial charge is 1.00 e. The van der Waals surface area contributed by atoms with Gasteiger partial charge in [0.05, 0.1) is 0 Å². The summed E-state index contributed by atoms with van der Waals surface area (Å²) in [7, 11) is 0. The van der Waals surface area contributed by atoms with Gasteiger partial charge >= 0.3 is 395 Å². The van der Waals surface area contributed by atoms with Crippen molar-refractivity contribution in [2.45, 2.75) is 70.9 Å². The summed E-state index contributed by atoms with van der Waals surface area (Å²) in [6.45, 7) is 19.5. The molecule has 0 amide bonds. The fourth-order valence-electron chi connectivity index (χ4n) is 12.4. The van der Waals surface area contributed by atoms with Crippen molar-refractivity contribution in [1.29, 1.82) is 0 Å². The Kier molecular flexibility index (Phi) is 12.8. The SMILES string of the molecule is CC1=Cc2c(-c3cc(-c4ccccc4)cc(-c4ccccc4)c3)c(C)c(C)c(C)c2[CH]1[Zr+2]1([CH]2C(C)=Cc3c(-c4cc(-c5ccccc5)cc(-c5ccccc5)c4)c(C)c(C)c(C)c32)[CH2][CH2]1.[Cl-].[Cl-]. The fraction of sp³-hybridized carbons (Fsp3) is 0.188. The molecule has 2 unspecified atom stereocenters. The van der Waals surface area contributed by atoms with E-state index < -0.39 is 20.3 Å². The molecule has 332 valence electrons. The van der Waals surface area contributed by atoms with Crippen LogP contribution >= 0.6 is 0 Å². The van der Waals surface area contributed by atoms with Crippen LogP contribution in [0.2, 0.25) is 8.26 Å². The number of hydrogen-bond acceptors (Lipinski definition) is 0. The summed E-state index contributed by atoms with van der Waals surface area (Å²) >= 11 is -3.07. The summed E-state index contributed by atoms with van der Waals surface area (Å²) in [5, 5.41) is 0. The Morgan fingerprint density at radius 1 is 0.313 bits per heavy atom. The van der Waals surface area contributed by atoms with Gasteiger partial charge in [-0.15, -0.1) is 0 Å². The molecule has 2 aliphatic carbocycles. The number of rotatable bonds is 8. The van der Waals surface area contributed by atoms with Crippen LogP contribution in [-0.2, 0) is 20.3 Å². The average Bonchev–Trinajstić information content (AvgIpc) is 3.94. The van der Waals surface area contributed by atoms with Crippen LogP contribution in [-0.4, -0.2) is 0 Å². The van der Waals surface area contributed by atoms with Gasteiger partial charge < -0.3 is 24.8 Å². The Hall–Kier alpha value is -5.30. The van der Waals surface area contributed by atoms with Crippen LogP contribution in [0.5, 0.6) is 0 Å². The van der Waals surface area contributed by atoms with E-state index in [1.807, 2.05) is 0 Å². The molecule has 0 nitrogen and oxygen atoms in total. The summed E-state index contributed by atoms with van der Waals surface area (Å²) < 4.78 is 3.98. The second kappa shape index (κ2) is 18.3. The Bertz CT molecular complexity index is 2930. The van der Waals surface area contributed by atoms with Crippen molar-refractivity contribution in [1.82, 2.24) is 0 Å². The fourth-order valence-corrected chi connectivity index (χ4v) is 30.5. The molecule has 8 aromatic carbocycles. The van der Waals surface area contributed by atoms with Crippen molar-refractivity contribution in [3.63, 3.8) is 0 Å². The Balaban J connectivity index is 0.00000281. The van der Waals surface area contributed by atoms with Gasteiger partial charge in [0.25, 0.3) is 0 Å². The van der Waals surface area contributed by atoms with Crippen LogP contribution in [0.3, 0.4) is 0 Å². The third kappa shape index (κ3) is 7.81. The van der Waals surface area contributed by atoms with Gasteiger partial charge in [-0.25, -0.2) is 0 Å². The Morgan fingerprint density at radius 3 is 0.851 bits per heavy atom. The first-order valence-electron chi connectivity index (χ1n) is 23.7. The maximum absolute atomic E-state index is 3.07. The molecule has 67 heavy (non-hydrogen) atoms. The predicted molar refractivity (Wildman–Crippen MR) is 276 cm³/mol. The molecular weight excluding hydrogens is 931 g/mol. The van der Waals surface area contributed by atoms with Gasteiger partial charge in [-0.3, -0.25) is 0 Å². The normalized spacial score (nSPS) is 15.8. The molecule has 0 saturated carbocycles. The first-order valence-corrected chi connectivity index (χ1v) is 30.0. The summed E-state index contributed by atoms with van der Waals surface area (Å²) in [6.07, 6.45) is 5.30. The third-order valence-corrected chi connectivity index (χ3v) is 29.4. The standard InChI is InChI=1S/2C31H27.C2H4.2ClH.Zr/c2*1-20-15-29-22(3)21(2)23(4)31(30(29)16-20)28-18-26(24-11-7-5-8-12-24)17-27(19-28)25-13-9-6-10-14-25;1-2;;;/h2*5-19H,1-4H3;1-2H2;2*1H;/q;;;;;+2/p-2. The Morgan fingerprint density at radius 2 is 0.582 bits per heavy atom. The summed E-state index contributed by atoms with van der Waals surface area (Å²) in [5.41, 5.74) is 33.9. The molecule has 0 radical (unpaired) electrons. The minimum Gasteiger partial charge on any atom is -1.00 e. The van der Waals surface area contributed by atoms with Gasteiger partial charge in [-0.2, -0.15) is 0 Å². The van der Waals surface area contributed by atoms with E-state index in [9.17, 15) is 0 Å². The average molecular weight is 989 g/mol. The molecule has 3 aliphatic rings. The van der Waals surface area contributed by atoms with Crippen molar-refractivity contribution in [3.05, 3.63) is 225 Å². The number of benzene rings is 8. The molecule has 1 aliphatic heterocycles. The van der Waals surface area contributed by atoms with Crippen molar-refractivity contribution in [2.75, 3.05) is 0 Å². The first-order chi connectivity index (χ1) is 31.5. The van der Waals surface area contributed by atoms with Gasteiger partial charge in [0.15, 0.2) is 0 Å². The van der Waals surface area contributed by atoms with Crippen molar-refractivity contribution >= 4 is 12.2 Å². The maximum atomic E-state index is 2.65. The van der Waals surface area contributed by atoms with Crippen LogP contribution in [0.25, 0.3) is 78.9 Å². The molecule has 0 aromatic heterocycles. The second-order valence-corrected chi connectivity index (χ2v) is 31.0. The molecule has 3 heteroatoms. The summed E-state index contributed by atoms with van der Waals surface area (Å²) in [4.78, 5) is 0. The minimum atomic E-state index is -3.07. The van der Waals surface area contributed by atoms with E-state index in [1.54, 1.807) is 22.3 Å².